The van der Waals surface area contributed by atoms with Gasteiger partial charge in [-0.05, 0) is 19.1 Å². The Morgan fingerprint density at radius 2 is 2.13 bits per heavy atom. The van der Waals surface area contributed by atoms with Gasteiger partial charge < -0.3 is 5.73 Å². The number of benzene rings is 1. The maximum atomic E-state index is 13.2. The number of para-hydroxylation sites is 1. The summed E-state index contributed by atoms with van der Waals surface area (Å²) >= 11 is 0. The molecule has 2 rings (SSSR count). The van der Waals surface area contributed by atoms with E-state index in [2.05, 4.69) is 10.1 Å². The summed E-state index contributed by atoms with van der Waals surface area (Å²) in [6.07, 6.45) is 0. The standard InChI is InChI=1S/C10H11FN4/c1-6-13-10(15(2)14-6)7-4-3-5-8(11)9(7)12/h3-5H,12H2,1-2H3. The lowest BCUT2D eigenvalue weighted by Gasteiger charge is -2.04. The maximum Gasteiger partial charge on any atom is 0.160 e. The second-order valence-corrected chi connectivity index (χ2v) is 3.31. The van der Waals surface area contributed by atoms with Gasteiger partial charge in [-0.15, -0.1) is 0 Å². The molecule has 0 aliphatic heterocycles. The van der Waals surface area contributed by atoms with E-state index in [-0.39, 0.29) is 5.69 Å². The van der Waals surface area contributed by atoms with Gasteiger partial charge in [0, 0.05) is 12.6 Å². The van der Waals surface area contributed by atoms with Crippen LogP contribution in [0.3, 0.4) is 0 Å². The van der Waals surface area contributed by atoms with Crippen LogP contribution >= 0.6 is 0 Å². The average Bonchev–Trinajstić information content (AvgIpc) is 2.50. The Labute approximate surface area is 86.6 Å². The number of nitrogens with two attached hydrogens (primary N) is 1. The molecular weight excluding hydrogens is 195 g/mol. The van der Waals surface area contributed by atoms with E-state index in [1.54, 1.807) is 30.8 Å². The summed E-state index contributed by atoms with van der Waals surface area (Å²) in [6.45, 7) is 1.78. The van der Waals surface area contributed by atoms with Gasteiger partial charge in [-0.25, -0.2) is 14.1 Å². The topological polar surface area (TPSA) is 56.7 Å². The van der Waals surface area contributed by atoms with Crippen LogP contribution in [0.15, 0.2) is 18.2 Å². The quantitative estimate of drug-likeness (QED) is 0.719. The fraction of sp³-hybridized carbons (Fsp3) is 0.200. The van der Waals surface area contributed by atoms with Crippen LogP contribution in [-0.2, 0) is 7.05 Å². The molecule has 0 saturated carbocycles. The molecule has 0 aliphatic rings. The van der Waals surface area contributed by atoms with Crippen LogP contribution < -0.4 is 5.73 Å². The molecule has 4 nitrogen and oxygen atoms in total. The zero-order valence-corrected chi connectivity index (χ0v) is 8.53. The Hall–Kier alpha value is -1.91. The lowest BCUT2D eigenvalue weighted by Crippen LogP contribution is -1.99. The largest absolute Gasteiger partial charge is 0.396 e. The first-order valence-electron chi connectivity index (χ1n) is 4.51. The number of aromatic nitrogens is 3. The van der Waals surface area contributed by atoms with E-state index in [0.29, 0.717) is 17.2 Å². The van der Waals surface area contributed by atoms with Crippen molar-refractivity contribution in [3.8, 4) is 11.4 Å². The summed E-state index contributed by atoms with van der Waals surface area (Å²) in [5.41, 5.74) is 6.31. The highest BCUT2D eigenvalue weighted by Gasteiger charge is 2.12. The van der Waals surface area contributed by atoms with Crippen molar-refractivity contribution in [2.24, 2.45) is 7.05 Å². The molecule has 78 valence electrons. The molecule has 15 heavy (non-hydrogen) atoms. The van der Waals surface area contributed by atoms with Crippen LogP contribution in [0.2, 0.25) is 0 Å². The lowest BCUT2D eigenvalue weighted by molar-refractivity contribution is 0.632. The Morgan fingerprint density at radius 1 is 1.40 bits per heavy atom. The first-order valence-corrected chi connectivity index (χ1v) is 4.51. The van der Waals surface area contributed by atoms with E-state index >= 15 is 0 Å². The molecule has 0 atom stereocenters. The summed E-state index contributed by atoms with van der Waals surface area (Å²) in [4.78, 5) is 4.19. The summed E-state index contributed by atoms with van der Waals surface area (Å²) in [5.74, 6) is 0.772. The molecule has 0 bridgehead atoms. The molecule has 5 heteroatoms. The van der Waals surface area contributed by atoms with Gasteiger partial charge >= 0.3 is 0 Å². The van der Waals surface area contributed by atoms with Crippen molar-refractivity contribution in [2.75, 3.05) is 5.73 Å². The molecule has 0 radical (unpaired) electrons. The van der Waals surface area contributed by atoms with Crippen LogP contribution in [0.4, 0.5) is 10.1 Å². The fourth-order valence-corrected chi connectivity index (χ4v) is 1.48. The third kappa shape index (κ3) is 1.56. The molecule has 0 fully saturated rings. The van der Waals surface area contributed by atoms with E-state index in [4.69, 9.17) is 5.73 Å². The monoisotopic (exact) mass is 206 g/mol. The fourth-order valence-electron chi connectivity index (χ4n) is 1.48. The van der Waals surface area contributed by atoms with Gasteiger partial charge in [0.25, 0.3) is 0 Å². The number of anilines is 1. The predicted molar refractivity (Wildman–Crippen MR) is 55.5 cm³/mol. The highest BCUT2D eigenvalue weighted by atomic mass is 19.1. The zero-order valence-electron chi connectivity index (χ0n) is 8.53. The molecule has 0 unspecified atom stereocenters. The molecule has 0 aliphatic carbocycles. The third-order valence-corrected chi connectivity index (χ3v) is 2.16. The molecule has 1 heterocycles. The zero-order chi connectivity index (χ0) is 11.0. The number of nitrogens with zero attached hydrogens (tertiary/aromatic N) is 3. The van der Waals surface area contributed by atoms with Gasteiger partial charge in [0.2, 0.25) is 0 Å². The Balaban J connectivity index is 2.64. The number of aryl methyl sites for hydroxylation is 2. The molecule has 0 spiro atoms. The van der Waals surface area contributed by atoms with Crippen LogP contribution in [-0.4, -0.2) is 14.8 Å². The number of halogens is 1. The highest BCUT2D eigenvalue weighted by Crippen LogP contribution is 2.25. The molecule has 2 N–H and O–H groups in total. The van der Waals surface area contributed by atoms with E-state index in [1.165, 1.54) is 6.07 Å². The van der Waals surface area contributed by atoms with Crippen molar-refractivity contribution >= 4 is 5.69 Å². The van der Waals surface area contributed by atoms with Crippen molar-refractivity contribution in [3.05, 3.63) is 29.8 Å². The molecule has 2 aromatic rings. The average molecular weight is 206 g/mol. The first-order chi connectivity index (χ1) is 7.09. The van der Waals surface area contributed by atoms with Crippen molar-refractivity contribution in [1.29, 1.82) is 0 Å². The van der Waals surface area contributed by atoms with Crippen molar-refractivity contribution in [2.45, 2.75) is 6.92 Å². The van der Waals surface area contributed by atoms with Crippen LogP contribution in [0.25, 0.3) is 11.4 Å². The summed E-state index contributed by atoms with van der Waals surface area (Å²) in [5, 5.41) is 4.09. The second kappa shape index (κ2) is 3.34. The second-order valence-electron chi connectivity index (χ2n) is 3.31. The van der Waals surface area contributed by atoms with Gasteiger partial charge in [-0.1, -0.05) is 6.07 Å². The SMILES string of the molecule is Cc1nc(-c2cccc(F)c2N)n(C)n1. The van der Waals surface area contributed by atoms with Crippen molar-refractivity contribution in [1.82, 2.24) is 14.8 Å². The van der Waals surface area contributed by atoms with E-state index in [9.17, 15) is 4.39 Å². The van der Waals surface area contributed by atoms with Gasteiger partial charge in [-0.2, -0.15) is 5.10 Å². The Kier molecular flexibility index (Phi) is 2.15. The third-order valence-electron chi connectivity index (χ3n) is 2.16. The summed E-state index contributed by atoms with van der Waals surface area (Å²) in [6, 6.07) is 4.65. The molecule has 0 saturated heterocycles. The lowest BCUT2D eigenvalue weighted by atomic mass is 10.1. The minimum Gasteiger partial charge on any atom is -0.396 e. The van der Waals surface area contributed by atoms with Crippen LogP contribution in [0.5, 0.6) is 0 Å². The molecule has 1 aromatic carbocycles. The minimum atomic E-state index is -0.437. The molecule has 1 aromatic heterocycles. The Bertz CT molecular complexity index is 504. The van der Waals surface area contributed by atoms with Gasteiger partial charge in [0.15, 0.2) is 5.82 Å². The smallest absolute Gasteiger partial charge is 0.160 e. The van der Waals surface area contributed by atoms with E-state index in [1.807, 2.05) is 0 Å². The first kappa shape index (κ1) is 9.64. The number of hydrogen-bond donors (Lipinski definition) is 1. The van der Waals surface area contributed by atoms with E-state index in [0.717, 1.165) is 0 Å². The van der Waals surface area contributed by atoms with Crippen molar-refractivity contribution < 1.29 is 4.39 Å². The van der Waals surface area contributed by atoms with Crippen LogP contribution in [0.1, 0.15) is 5.82 Å². The van der Waals surface area contributed by atoms with Crippen LogP contribution in [0, 0.1) is 12.7 Å². The highest BCUT2D eigenvalue weighted by molar-refractivity contribution is 5.71. The van der Waals surface area contributed by atoms with Gasteiger partial charge in [0.05, 0.1) is 5.69 Å². The molecular formula is C10H11FN4. The summed E-state index contributed by atoms with van der Waals surface area (Å²) in [7, 11) is 1.75. The maximum absolute atomic E-state index is 13.2. The summed E-state index contributed by atoms with van der Waals surface area (Å²) < 4.78 is 14.8. The Morgan fingerprint density at radius 3 is 2.73 bits per heavy atom. The minimum absolute atomic E-state index is 0.105. The number of hydrogen-bond acceptors (Lipinski definition) is 3. The van der Waals surface area contributed by atoms with Gasteiger partial charge in [-0.3, -0.25) is 0 Å². The predicted octanol–water partition coefficient (Wildman–Crippen LogP) is 1.51. The number of nitrogen functional groups attached to an aromatic ring is 1. The van der Waals surface area contributed by atoms with E-state index < -0.39 is 5.82 Å². The van der Waals surface area contributed by atoms with Gasteiger partial charge in [0.1, 0.15) is 11.6 Å². The van der Waals surface area contributed by atoms with Crippen molar-refractivity contribution in [3.63, 3.8) is 0 Å². The normalized spacial score (nSPS) is 10.6. The number of rotatable bonds is 1. The molecule has 0 amide bonds.